The molecule has 2 bridgehead atoms. The van der Waals surface area contributed by atoms with Crippen LogP contribution in [0.2, 0.25) is 0 Å². The number of rotatable bonds is 3. The first-order valence-electron chi connectivity index (χ1n) is 11.1. The van der Waals surface area contributed by atoms with Gasteiger partial charge in [-0.15, -0.1) is 0 Å². The molecule has 0 radical (unpaired) electrons. The number of hydrogen-bond acceptors (Lipinski definition) is 2. The van der Waals surface area contributed by atoms with E-state index in [-0.39, 0.29) is 11.3 Å². The first-order chi connectivity index (χ1) is 14.1. The van der Waals surface area contributed by atoms with Gasteiger partial charge in [0, 0.05) is 16.7 Å². The van der Waals surface area contributed by atoms with Gasteiger partial charge in [0.25, 0.3) is 0 Å². The second-order valence-electron chi connectivity index (χ2n) is 9.33. The summed E-state index contributed by atoms with van der Waals surface area (Å²) in [5.74, 6) is 1.13. The summed E-state index contributed by atoms with van der Waals surface area (Å²) in [6.07, 6.45) is 8.93. The SMILES string of the molecule is O=S1(=O)C=C2CC(CCCC2c2ccc(C3(c4ccccc4)CCC3)cc2)CC1. The average Bonchev–Trinajstić information content (AvgIpc) is 2.98. The number of fused-ring (bicyclic) bond motifs is 2. The molecular formula is C26H30O2S. The minimum absolute atomic E-state index is 0.166. The first kappa shape index (κ1) is 19.1. The van der Waals surface area contributed by atoms with Crippen LogP contribution in [0, 0.1) is 5.92 Å². The molecule has 0 N–H and O–H groups in total. The summed E-state index contributed by atoms with van der Waals surface area (Å²) in [6, 6.07) is 20.1. The van der Waals surface area contributed by atoms with Gasteiger partial charge in [-0.25, -0.2) is 8.42 Å². The molecule has 3 aliphatic rings. The predicted octanol–water partition coefficient (Wildman–Crippen LogP) is 6.13. The number of allylic oxidation sites excluding steroid dienone is 1. The maximum Gasteiger partial charge on any atom is 0.171 e. The van der Waals surface area contributed by atoms with Crippen molar-refractivity contribution in [1.82, 2.24) is 0 Å². The second-order valence-corrected chi connectivity index (χ2v) is 11.3. The number of benzene rings is 2. The molecule has 5 rings (SSSR count). The first-order valence-corrected chi connectivity index (χ1v) is 12.9. The standard InChI is InChI=1S/C26H30O2S/c27-29(28)17-14-20-6-4-9-25(22(18-20)19-29)21-10-12-24(13-11-21)26(15-5-16-26)23-7-2-1-3-8-23/h1-3,7-8,10-13,19-20,25H,4-6,9,14-18H2. The van der Waals surface area contributed by atoms with Gasteiger partial charge < -0.3 is 0 Å². The van der Waals surface area contributed by atoms with Crippen LogP contribution in [0.5, 0.6) is 0 Å². The fraction of sp³-hybridized carbons (Fsp3) is 0.462. The smallest absolute Gasteiger partial charge is 0.171 e. The molecule has 0 saturated heterocycles. The summed E-state index contributed by atoms with van der Waals surface area (Å²) in [5, 5.41) is 1.63. The number of hydrogen-bond donors (Lipinski definition) is 0. The number of sulfone groups is 1. The molecule has 3 heteroatoms. The van der Waals surface area contributed by atoms with E-state index in [9.17, 15) is 8.42 Å². The van der Waals surface area contributed by atoms with Crippen LogP contribution in [-0.2, 0) is 15.3 Å². The van der Waals surface area contributed by atoms with Gasteiger partial charge >= 0.3 is 0 Å². The van der Waals surface area contributed by atoms with E-state index >= 15 is 0 Å². The maximum absolute atomic E-state index is 12.4. The van der Waals surface area contributed by atoms with Crippen LogP contribution in [0.3, 0.4) is 0 Å². The van der Waals surface area contributed by atoms with Crippen molar-refractivity contribution in [2.45, 2.75) is 62.7 Å². The molecule has 2 aromatic rings. The van der Waals surface area contributed by atoms with Crippen molar-refractivity contribution < 1.29 is 8.42 Å². The summed E-state index contributed by atoms with van der Waals surface area (Å²) < 4.78 is 24.8. The zero-order valence-electron chi connectivity index (χ0n) is 17.0. The Morgan fingerprint density at radius 3 is 2.21 bits per heavy atom. The van der Waals surface area contributed by atoms with Crippen LogP contribution in [0.1, 0.15) is 74.0 Å². The Bertz CT molecular complexity index is 998. The van der Waals surface area contributed by atoms with Crippen LogP contribution < -0.4 is 0 Å². The van der Waals surface area contributed by atoms with Gasteiger partial charge in [0.2, 0.25) is 0 Å². The molecule has 0 spiro atoms. The lowest BCUT2D eigenvalue weighted by Crippen LogP contribution is -2.35. The maximum atomic E-state index is 12.4. The topological polar surface area (TPSA) is 34.1 Å². The lowest BCUT2D eigenvalue weighted by molar-refractivity contribution is 0.301. The monoisotopic (exact) mass is 406 g/mol. The van der Waals surface area contributed by atoms with Crippen LogP contribution >= 0.6 is 0 Å². The average molecular weight is 407 g/mol. The quantitative estimate of drug-likeness (QED) is 0.614. The third-order valence-corrected chi connectivity index (χ3v) is 9.08. The van der Waals surface area contributed by atoms with E-state index in [2.05, 4.69) is 54.6 Å². The summed E-state index contributed by atoms with van der Waals surface area (Å²) >= 11 is 0. The van der Waals surface area contributed by atoms with E-state index in [0.29, 0.717) is 11.7 Å². The van der Waals surface area contributed by atoms with Crippen molar-refractivity contribution >= 4 is 9.84 Å². The molecule has 2 saturated carbocycles. The Labute approximate surface area is 175 Å². The van der Waals surface area contributed by atoms with Crippen molar-refractivity contribution in [2.75, 3.05) is 5.75 Å². The lowest BCUT2D eigenvalue weighted by atomic mass is 9.60. The van der Waals surface area contributed by atoms with Gasteiger partial charge in [0.1, 0.15) is 0 Å². The molecule has 2 unspecified atom stereocenters. The van der Waals surface area contributed by atoms with E-state index in [0.717, 1.165) is 24.8 Å². The van der Waals surface area contributed by atoms with Crippen LogP contribution in [-0.4, -0.2) is 14.2 Å². The zero-order chi connectivity index (χ0) is 19.9. The molecular weight excluding hydrogens is 376 g/mol. The molecule has 0 aromatic heterocycles. The molecule has 2 nitrogen and oxygen atoms in total. The minimum Gasteiger partial charge on any atom is -0.224 e. The van der Waals surface area contributed by atoms with Crippen molar-refractivity contribution in [3.05, 3.63) is 82.3 Å². The van der Waals surface area contributed by atoms with E-state index in [1.165, 1.54) is 48.8 Å². The van der Waals surface area contributed by atoms with Gasteiger partial charge in [-0.05, 0) is 54.7 Å². The second kappa shape index (κ2) is 7.43. The Morgan fingerprint density at radius 1 is 0.793 bits per heavy atom. The zero-order valence-corrected chi connectivity index (χ0v) is 17.8. The van der Waals surface area contributed by atoms with Crippen molar-refractivity contribution in [1.29, 1.82) is 0 Å². The molecule has 1 aliphatic heterocycles. The van der Waals surface area contributed by atoms with Gasteiger partial charge in [-0.3, -0.25) is 0 Å². The highest BCUT2D eigenvalue weighted by Gasteiger charge is 2.40. The molecule has 1 heterocycles. The molecule has 0 amide bonds. The van der Waals surface area contributed by atoms with E-state index in [1.807, 2.05) is 0 Å². The molecule has 2 atom stereocenters. The largest absolute Gasteiger partial charge is 0.224 e. The lowest BCUT2D eigenvalue weighted by Gasteiger charge is -2.43. The van der Waals surface area contributed by atoms with Crippen LogP contribution in [0.4, 0.5) is 0 Å². The van der Waals surface area contributed by atoms with Crippen LogP contribution in [0.25, 0.3) is 0 Å². The van der Waals surface area contributed by atoms with E-state index in [1.54, 1.807) is 5.41 Å². The summed E-state index contributed by atoms with van der Waals surface area (Å²) in [6.45, 7) is 0. The molecule has 2 fully saturated rings. The predicted molar refractivity (Wildman–Crippen MR) is 119 cm³/mol. The molecule has 152 valence electrons. The van der Waals surface area contributed by atoms with Gasteiger partial charge in [-0.1, -0.05) is 79.4 Å². The molecule has 2 aliphatic carbocycles. The van der Waals surface area contributed by atoms with Gasteiger partial charge in [-0.2, -0.15) is 0 Å². The van der Waals surface area contributed by atoms with Gasteiger partial charge in [0.05, 0.1) is 5.75 Å². The summed E-state index contributed by atoms with van der Waals surface area (Å²) in [5.41, 5.74) is 5.44. The van der Waals surface area contributed by atoms with E-state index < -0.39 is 9.84 Å². The van der Waals surface area contributed by atoms with Crippen molar-refractivity contribution in [3.63, 3.8) is 0 Å². The Kier molecular flexibility index (Phi) is 4.90. The van der Waals surface area contributed by atoms with Crippen molar-refractivity contribution in [2.24, 2.45) is 5.92 Å². The Morgan fingerprint density at radius 2 is 1.52 bits per heavy atom. The normalized spacial score (nSPS) is 27.8. The third-order valence-electron chi connectivity index (χ3n) is 7.62. The van der Waals surface area contributed by atoms with Crippen LogP contribution in [0.15, 0.2) is 65.6 Å². The fourth-order valence-electron chi connectivity index (χ4n) is 5.82. The Hall–Kier alpha value is -1.87. The van der Waals surface area contributed by atoms with Crippen molar-refractivity contribution in [3.8, 4) is 0 Å². The summed E-state index contributed by atoms with van der Waals surface area (Å²) in [4.78, 5) is 0. The molecule has 29 heavy (non-hydrogen) atoms. The highest BCUT2D eigenvalue weighted by Crippen LogP contribution is 2.49. The van der Waals surface area contributed by atoms with E-state index in [4.69, 9.17) is 0 Å². The molecule has 2 aromatic carbocycles. The highest BCUT2D eigenvalue weighted by atomic mass is 32.2. The summed E-state index contributed by atoms with van der Waals surface area (Å²) in [7, 11) is -3.05. The third kappa shape index (κ3) is 3.59. The Balaban J connectivity index is 1.48. The highest BCUT2D eigenvalue weighted by molar-refractivity contribution is 7.94. The van der Waals surface area contributed by atoms with Gasteiger partial charge in [0.15, 0.2) is 9.84 Å². The minimum atomic E-state index is -3.05. The fourth-order valence-corrected chi connectivity index (χ4v) is 7.32.